The second-order valence-electron chi connectivity index (χ2n) is 9.05. The number of halogens is 1. The number of hydrogen-bond acceptors (Lipinski definition) is 3. The normalized spacial score (nSPS) is 11.4. The van der Waals surface area contributed by atoms with Crippen LogP contribution in [0.15, 0.2) is 109 Å². The molecule has 6 heteroatoms. The highest BCUT2D eigenvalue weighted by Crippen LogP contribution is 2.20. The fourth-order valence-corrected chi connectivity index (χ4v) is 4.49. The van der Waals surface area contributed by atoms with Crippen LogP contribution in [-0.4, -0.2) is 29.9 Å². The fraction of sp³-hybridized carbons (Fsp3) is 0.188. The van der Waals surface area contributed by atoms with Crippen LogP contribution < -0.4 is 10.1 Å². The summed E-state index contributed by atoms with van der Waals surface area (Å²) >= 11 is 6.11. The third-order valence-electron chi connectivity index (χ3n) is 6.38. The number of amides is 2. The van der Waals surface area contributed by atoms with E-state index in [9.17, 15) is 9.59 Å². The van der Waals surface area contributed by atoms with Gasteiger partial charge in [-0.2, -0.15) is 0 Å². The zero-order valence-electron chi connectivity index (χ0n) is 21.3. The lowest BCUT2D eigenvalue weighted by atomic mass is 10.0. The molecule has 5 nitrogen and oxygen atoms in total. The van der Waals surface area contributed by atoms with Gasteiger partial charge in [-0.05, 0) is 34.9 Å². The van der Waals surface area contributed by atoms with Crippen LogP contribution in [0.2, 0.25) is 5.02 Å². The van der Waals surface area contributed by atoms with Crippen LogP contribution in [0.1, 0.15) is 22.3 Å². The van der Waals surface area contributed by atoms with E-state index in [1.54, 1.807) is 24.1 Å². The maximum atomic E-state index is 13.8. The summed E-state index contributed by atoms with van der Waals surface area (Å²) < 4.78 is 5.45. The number of rotatable bonds is 11. The summed E-state index contributed by atoms with van der Waals surface area (Å²) in [5, 5.41) is 3.67. The van der Waals surface area contributed by atoms with Crippen molar-refractivity contribution in [2.24, 2.45) is 0 Å². The zero-order valence-corrected chi connectivity index (χ0v) is 22.1. The minimum atomic E-state index is -0.723. The summed E-state index contributed by atoms with van der Waals surface area (Å²) in [6, 6.07) is 33.6. The third-order valence-corrected chi connectivity index (χ3v) is 6.63. The highest BCUT2D eigenvalue weighted by Gasteiger charge is 2.30. The number of methoxy groups -OCH3 is 1. The van der Waals surface area contributed by atoms with E-state index < -0.39 is 6.04 Å². The van der Waals surface area contributed by atoms with Gasteiger partial charge in [-0.25, -0.2) is 0 Å². The molecule has 1 atom stereocenters. The summed E-state index contributed by atoms with van der Waals surface area (Å²) in [5.74, 6) is 0.347. The molecule has 0 aliphatic rings. The Morgan fingerprint density at radius 1 is 0.789 bits per heavy atom. The molecule has 194 valence electrons. The number of para-hydroxylation sites is 1. The summed E-state index contributed by atoms with van der Waals surface area (Å²) in [7, 11) is 1.61. The van der Waals surface area contributed by atoms with Gasteiger partial charge in [0.05, 0.1) is 13.5 Å². The average molecular weight is 527 g/mol. The highest BCUT2D eigenvalue weighted by atomic mass is 35.5. The van der Waals surface area contributed by atoms with Crippen molar-refractivity contribution in [2.45, 2.75) is 32.0 Å². The van der Waals surface area contributed by atoms with Gasteiger partial charge in [0.25, 0.3) is 0 Å². The molecule has 1 N–H and O–H groups in total. The van der Waals surface area contributed by atoms with Gasteiger partial charge in [0.1, 0.15) is 11.8 Å². The molecule has 0 aliphatic heterocycles. The second-order valence-corrected chi connectivity index (χ2v) is 9.48. The molecule has 0 bridgehead atoms. The van der Waals surface area contributed by atoms with E-state index in [2.05, 4.69) is 5.32 Å². The number of nitrogens with one attached hydrogen (secondary N) is 1. The summed E-state index contributed by atoms with van der Waals surface area (Å²) in [6.07, 6.45) is 0.576. The lowest BCUT2D eigenvalue weighted by molar-refractivity contribution is -0.140. The molecule has 0 saturated heterocycles. The molecule has 0 aliphatic carbocycles. The van der Waals surface area contributed by atoms with Crippen molar-refractivity contribution < 1.29 is 14.3 Å². The predicted octanol–water partition coefficient (Wildman–Crippen LogP) is 5.85. The Labute approximate surface area is 229 Å². The summed E-state index contributed by atoms with van der Waals surface area (Å²) in [4.78, 5) is 29.3. The smallest absolute Gasteiger partial charge is 0.243 e. The number of ether oxygens (including phenoxy) is 1. The fourth-order valence-electron chi connectivity index (χ4n) is 4.36. The molecule has 0 fully saturated rings. The molecule has 4 aromatic carbocycles. The van der Waals surface area contributed by atoms with Gasteiger partial charge in [-0.15, -0.1) is 0 Å². The van der Waals surface area contributed by atoms with Crippen LogP contribution in [0.4, 0.5) is 0 Å². The lowest BCUT2D eigenvalue weighted by Gasteiger charge is -2.32. The van der Waals surface area contributed by atoms with Crippen molar-refractivity contribution in [3.8, 4) is 5.75 Å². The SMILES string of the molecule is COc1ccccc1CNC(=O)[C@H](Cc1ccccc1)N(Cc1ccc(Cl)cc1)C(=O)Cc1ccccc1. The molecule has 0 spiro atoms. The van der Waals surface area contributed by atoms with E-state index in [1.807, 2.05) is 97.1 Å². The number of hydrogen-bond donors (Lipinski definition) is 1. The van der Waals surface area contributed by atoms with E-state index in [0.29, 0.717) is 17.2 Å². The van der Waals surface area contributed by atoms with Gasteiger partial charge in [0, 0.05) is 30.1 Å². The Hall–Kier alpha value is -4.09. The minimum Gasteiger partial charge on any atom is -0.496 e. The van der Waals surface area contributed by atoms with E-state index in [0.717, 1.165) is 22.3 Å². The molecule has 4 aromatic rings. The molecule has 38 heavy (non-hydrogen) atoms. The standard InChI is InChI=1S/C32H31ClN2O3/c1-38-30-15-9-8-14-27(30)22-34-32(37)29(20-24-10-4-2-5-11-24)35(23-26-16-18-28(33)19-17-26)31(36)21-25-12-6-3-7-13-25/h2-19,29H,20-23H2,1H3,(H,34,37)/t29-/m0/s1. The van der Waals surface area contributed by atoms with E-state index in [4.69, 9.17) is 16.3 Å². The Morgan fingerprint density at radius 2 is 1.39 bits per heavy atom. The van der Waals surface area contributed by atoms with Crippen LogP contribution >= 0.6 is 11.6 Å². The monoisotopic (exact) mass is 526 g/mol. The molecular formula is C32H31ClN2O3. The van der Waals surface area contributed by atoms with Crippen molar-refractivity contribution in [1.29, 1.82) is 0 Å². The lowest BCUT2D eigenvalue weighted by Crippen LogP contribution is -2.50. The van der Waals surface area contributed by atoms with Gasteiger partial charge in [-0.1, -0.05) is 103 Å². The van der Waals surface area contributed by atoms with Crippen molar-refractivity contribution in [3.05, 3.63) is 136 Å². The maximum absolute atomic E-state index is 13.8. The number of nitrogens with zero attached hydrogens (tertiary/aromatic N) is 1. The Kier molecular flexibility index (Phi) is 9.54. The molecule has 2 amide bonds. The topological polar surface area (TPSA) is 58.6 Å². The van der Waals surface area contributed by atoms with Gasteiger partial charge in [-0.3, -0.25) is 9.59 Å². The van der Waals surface area contributed by atoms with Gasteiger partial charge < -0.3 is 15.0 Å². The van der Waals surface area contributed by atoms with Crippen molar-refractivity contribution in [3.63, 3.8) is 0 Å². The number of benzene rings is 4. The highest BCUT2D eigenvalue weighted by molar-refractivity contribution is 6.30. The second kappa shape index (κ2) is 13.5. The van der Waals surface area contributed by atoms with Crippen LogP contribution in [0, 0.1) is 0 Å². The minimum absolute atomic E-state index is 0.125. The van der Waals surface area contributed by atoms with Crippen LogP contribution in [0.25, 0.3) is 0 Å². The van der Waals surface area contributed by atoms with Crippen molar-refractivity contribution >= 4 is 23.4 Å². The third kappa shape index (κ3) is 7.46. The zero-order chi connectivity index (χ0) is 26.7. The molecule has 0 aromatic heterocycles. The summed E-state index contributed by atoms with van der Waals surface area (Å²) in [5.41, 5.74) is 3.62. The number of carbonyl (C=O) groups excluding carboxylic acids is 2. The predicted molar refractivity (Wildman–Crippen MR) is 151 cm³/mol. The van der Waals surface area contributed by atoms with E-state index in [1.165, 1.54) is 0 Å². The van der Waals surface area contributed by atoms with Crippen LogP contribution in [-0.2, 0) is 35.5 Å². The summed E-state index contributed by atoms with van der Waals surface area (Å²) in [6.45, 7) is 0.568. The average Bonchev–Trinajstić information content (AvgIpc) is 2.95. The van der Waals surface area contributed by atoms with Crippen LogP contribution in [0.5, 0.6) is 5.75 Å². The van der Waals surface area contributed by atoms with Gasteiger partial charge in [0.2, 0.25) is 11.8 Å². The molecule has 0 unspecified atom stereocenters. The van der Waals surface area contributed by atoms with Crippen LogP contribution in [0.3, 0.4) is 0 Å². The van der Waals surface area contributed by atoms with Gasteiger partial charge in [0.15, 0.2) is 0 Å². The van der Waals surface area contributed by atoms with Crippen molar-refractivity contribution in [2.75, 3.05) is 7.11 Å². The maximum Gasteiger partial charge on any atom is 0.243 e. The first-order valence-electron chi connectivity index (χ1n) is 12.5. The Morgan fingerprint density at radius 3 is 2.05 bits per heavy atom. The molecule has 0 radical (unpaired) electrons. The molecule has 0 saturated carbocycles. The van der Waals surface area contributed by atoms with Gasteiger partial charge >= 0.3 is 0 Å². The van der Waals surface area contributed by atoms with Crippen molar-refractivity contribution in [1.82, 2.24) is 10.2 Å². The quantitative estimate of drug-likeness (QED) is 0.267. The Balaban J connectivity index is 1.65. The Bertz CT molecular complexity index is 1330. The first-order chi connectivity index (χ1) is 18.5. The number of carbonyl (C=O) groups is 2. The first kappa shape index (κ1) is 27.0. The van der Waals surface area contributed by atoms with E-state index >= 15 is 0 Å². The molecular weight excluding hydrogens is 496 g/mol. The first-order valence-corrected chi connectivity index (χ1v) is 12.9. The largest absolute Gasteiger partial charge is 0.496 e. The molecule has 0 heterocycles. The molecule has 4 rings (SSSR count). The van der Waals surface area contributed by atoms with E-state index in [-0.39, 0.29) is 31.3 Å².